The van der Waals surface area contributed by atoms with Crippen molar-refractivity contribution in [2.45, 2.75) is 36.6 Å². The maximum atomic E-state index is 12.2. The highest BCUT2D eigenvalue weighted by Crippen LogP contribution is 2.31. The first-order chi connectivity index (χ1) is 11.2. The SMILES string of the molecule is O=S(=O)(NCC1CCN(C2CC2)C1)c1ccc(OC(F)(F)F)cc1. The number of benzene rings is 1. The molecule has 1 aliphatic carbocycles. The van der Waals surface area contributed by atoms with E-state index >= 15 is 0 Å². The summed E-state index contributed by atoms with van der Waals surface area (Å²) in [4.78, 5) is 2.32. The van der Waals surface area contributed by atoms with Gasteiger partial charge in [0, 0.05) is 19.1 Å². The zero-order valence-corrected chi connectivity index (χ0v) is 13.7. The Balaban J connectivity index is 1.55. The predicted molar refractivity (Wildman–Crippen MR) is 81.0 cm³/mol. The van der Waals surface area contributed by atoms with E-state index in [1.54, 1.807) is 0 Å². The molecule has 1 saturated heterocycles. The van der Waals surface area contributed by atoms with Gasteiger partial charge in [0.05, 0.1) is 4.90 Å². The van der Waals surface area contributed by atoms with Crippen molar-refractivity contribution >= 4 is 10.0 Å². The molecule has 3 rings (SSSR count). The average molecular weight is 364 g/mol. The molecular formula is C15H19F3N2O3S. The van der Waals surface area contributed by atoms with E-state index in [0.29, 0.717) is 12.6 Å². The third kappa shape index (κ3) is 4.61. The number of hydrogen-bond donors (Lipinski definition) is 1. The minimum atomic E-state index is -4.80. The molecule has 24 heavy (non-hydrogen) atoms. The second-order valence-electron chi connectivity index (χ2n) is 6.25. The molecule has 5 nitrogen and oxygen atoms in total. The summed E-state index contributed by atoms with van der Waals surface area (Å²) in [6.45, 7) is 2.23. The maximum Gasteiger partial charge on any atom is 0.573 e. The van der Waals surface area contributed by atoms with E-state index in [0.717, 1.165) is 43.8 Å². The molecule has 1 aromatic rings. The van der Waals surface area contributed by atoms with Crippen molar-refractivity contribution < 1.29 is 26.3 Å². The number of halogens is 3. The van der Waals surface area contributed by atoms with E-state index in [4.69, 9.17) is 0 Å². The maximum absolute atomic E-state index is 12.2. The van der Waals surface area contributed by atoms with Crippen LogP contribution >= 0.6 is 0 Å². The summed E-state index contributed by atoms with van der Waals surface area (Å²) in [5.41, 5.74) is 0. The fourth-order valence-electron chi connectivity index (χ4n) is 2.93. The minimum absolute atomic E-state index is 0.0749. The van der Waals surface area contributed by atoms with E-state index in [1.807, 2.05) is 0 Å². The van der Waals surface area contributed by atoms with Crippen LogP contribution in [-0.4, -0.2) is 45.4 Å². The van der Waals surface area contributed by atoms with Gasteiger partial charge in [0.15, 0.2) is 0 Å². The first-order valence-corrected chi connectivity index (χ1v) is 9.31. The van der Waals surface area contributed by atoms with Gasteiger partial charge in [-0.25, -0.2) is 13.1 Å². The molecule has 1 aliphatic heterocycles. The van der Waals surface area contributed by atoms with Crippen LogP contribution in [0.15, 0.2) is 29.2 Å². The molecule has 1 N–H and O–H groups in total. The molecule has 2 fully saturated rings. The normalized spacial score (nSPS) is 22.7. The van der Waals surface area contributed by atoms with Crippen LogP contribution in [-0.2, 0) is 10.0 Å². The lowest BCUT2D eigenvalue weighted by atomic mass is 10.1. The summed E-state index contributed by atoms with van der Waals surface area (Å²) < 4.78 is 67.0. The lowest BCUT2D eigenvalue weighted by Gasteiger charge is -2.15. The van der Waals surface area contributed by atoms with Gasteiger partial charge in [0.25, 0.3) is 0 Å². The van der Waals surface area contributed by atoms with E-state index in [9.17, 15) is 21.6 Å². The van der Waals surface area contributed by atoms with Gasteiger partial charge in [-0.3, -0.25) is 0 Å². The second-order valence-corrected chi connectivity index (χ2v) is 8.02. The van der Waals surface area contributed by atoms with Gasteiger partial charge in [0.2, 0.25) is 10.0 Å². The molecule has 0 bridgehead atoms. The molecule has 1 unspecified atom stereocenters. The van der Waals surface area contributed by atoms with Crippen LogP contribution in [0.25, 0.3) is 0 Å². The Morgan fingerprint density at radius 1 is 1.17 bits per heavy atom. The monoisotopic (exact) mass is 364 g/mol. The van der Waals surface area contributed by atoms with Crippen molar-refractivity contribution in [1.82, 2.24) is 9.62 Å². The predicted octanol–water partition coefficient (Wildman–Crippen LogP) is 2.35. The highest BCUT2D eigenvalue weighted by atomic mass is 32.2. The third-order valence-corrected chi connectivity index (χ3v) is 5.75. The quantitative estimate of drug-likeness (QED) is 0.842. The number of sulfonamides is 1. The summed E-state index contributed by atoms with van der Waals surface area (Å²) in [6.07, 6.45) is -1.39. The molecule has 1 aromatic carbocycles. The summed E-state index contributed by atoms with van der Waals surface area (Å²) in [5.74, 6) is -0.175. The zero-order chi connectivity index (χ0) is 17.4. The van der Waals surface area contributed by atoms with E-state index in [2.05, 4.69) is 14.4 Å². The highest BCUT2D eigenvalue weighted by Gasteiger charge is 2.34. The molecule has 2 aliphatic rings. The van der Waals surface area contributed by atoms with Crippen LogP contribution in [0.3, 0.4) is 0 Å². The lowest BCUT2D eigenvalue weighted by Crippen LogP contribution is -2.31. The van der Waals surface area contributed by atoms with Gasteiger partial charge in [-0.05, 0) is 56.0 Å². The second kappa shape index (κ2) is 6.53. The highest BCUT2D eigenvalue weighted by molar-refractivity contribution is 7.89. The van der Waals surface area contributed by atoms with Gasteiger partial charge >= 0.3 is 6.36 Å². The summed E-state index contributed by atoms with van der Waals surface area (Å²) in [7, 11) is -3.74. The summed E-state index contributed by atoms with van der Waals surface area (Å²) in [5, 5.41) is 0. The first-order valence-electron chi connectivity index (χ1n) is 7.82. The van der Waals surface area contributed by atoms with Crippen LogP contribution in [0.2, 0.25) is 0 Å². The van der Waals surface area contributed by atoms with Crippen LogP contribution in [0, 0.1) is 5.92 Å². The molecule has 134 valence electrons. The number of nitrogens with zero attached hydrogens (tertiary/aromatic N) is 1. The summed E-state index contributed by atoms with van der Waals surface area (Å²) in [6, 6.07) is 4.87. The van der Waals surface area contributed by atoms with Crippen LogP contribution in [0.1, 0.15) is 19.3 Å². The Hall–Kier alpha value is -1.32. The van der Waals surface area contributed by atoms with Crippen molar-refractivity contribution in [2.75, 3.05) is 19.6 Å². The standard InChI is InChI=1S/C15H19F3N2O3S/c16-15(17,18)23-13-3-5-14(6-4-13)24(21,22)19-9-11-7-8-20(10-11)12-1-2-12/h3-6,11-12,19H,1-2,7-10H2. The zero-order valence-electron chi connectivity index (χ0n) is 12.9. The Morgan fingerprint density at radius 2 is 1.83 bits per heavy atom. The van der Waals surface area contributed by atoms with Gasteiger partial charge in [-0.15, -0.1) is 13.2 Å². The molecule has 0 amide bonds. The largest absolute Gasteiger partial charge is 0.573 e. The number of alkyl halides is 3. The van der Waals surface area contributed by atoms with E-state index in [1.165, 1.54) is 12.8 Å². The van der Waals surface area contributed by atoms with Crippen molar-refractivity contribution in [3.8, 4) is 5.75 Å². The number of nitrogens with one attached hydrogen (secondary N) is 1. The van der Waals surface area contributed by atoms with Gasteiger partial charge in [-0.2, -0.15) is 0 Å². The van der Waals surface area contributed by atoms with Crippen molar-refractivity contribution in [2.24, 2.45) is 5.92 Å². The first kappa shape index (κ1) is 17.5. The van der Waals surface area contributed by atoms with Crippen molar-refractivity contribution in [3.63, 3.8) is 0 Å². The van der Waals surface area contributed by atoms with Gasteiger partial charge < -0.3 is 9.64 Å². The lowest BCUT2D eigenvalue weighted by molar-refractivity contribution is -0.274. The van der Waals surface area contributed by atoms with Crippen LogP contribution < -0.4 is 9.46 Å². The molecule has 1 saturated carbocycles. The third-order valence-electron chi connectivity index (χ3n) is 4.31. The topological polar surface area (TPSA) is 58.6 Å². The van der Waals surface area contributed by atoms with Crippen molar-refractivity contribution in [3.05, 3.63) is 24.3 Å². The molecular weight excluding hydrogens is 345 g/mol. The van der Waals surface area contributed by atoms with Crippen LogP contribution in [0.4, 0.5) is 13.2 Å². The van der Waals surface area contributed by atoms with E-state index in [-0.39, 0.29) is 10.8 Å². The van der Waals surface area contributed by atoms with Gasteiger partial charge in [-0.1, -0.05) is 0 Å². The fraction of sp³-hybridized carbons (Fsp3) is 0.600. The number of rotatable bonds is 6. The molecule has 0 aromatic heterocycles. The molecule has 0 spiro atoms. The van der Waals surface area contributed by atoms with Crippen molar-refractivity contribution in [1.29, 1.82) is 0 Å². The molecule has 9 heteroatoms. The number of ether oxygens (including phenoxy) is 1. The Kier molecular flexibility index (Phi) is 4.76. The molecule has 1 heterocycles. The van der Waals surface area contributed by atoms with E-state index < -0.39 is 22.1 Å². The Labute approximate surface area is 138 Å². The van der Waals surface area contributed by atoms with Crippen LogP contribution in [0.5, 0.6) is 5.75 Å². The number of hydrogen-bond acceptors (Lipinski definition) is 4. The summed E-state index contributed by atoms with van der Waals surface area (Å²) >= 11 is 0. The smallest absolute Gasteiger partial charge is 0.406 e. The number of likely N-dealkylation sites (tertiary alicyclic amines) is 1. The average Bonchev–Trinajstić information content (AvgIpc) is 3.23. The molecule has 1 atom stereocenters. The fourth-order valence-corrected chi connectivity index (χ4v) is 4.05. The molecule has 0 radical (unpaired) electrons. The Morgan fingerprint density at radius 3 is 2.42 bits per heavy atom. The van der Waals surface area contributed by atoms with Gasteiger partial charge in [0.1, 0.15) is 5.75 Å². The minimum Gasteiger partial charge on any atom is -0.406 e. The Bertz CT molecular complexity index is 672.